The lowest BCUT2D eigenvalue weighted by atomic mass is 10.1. The van der Waals surface area contributed by atoms with Crippen molar-refractivity contribution in [3.8, 4) is 17.2 Å². The average Bonchev–Trinajstić information content (AvgIpc) is 2.70. The lowest BCUT2D eigenvalue weighted by Crippen LogP contribution is -3.00. The van der Waals surface area contributed by atoms with Gasteiger partial charge in [0.1, 0.15) is 12.3 Å². The van der Waals surface area contributed by atoms with Crippen molar-refractivity contribution in [3.63, 3.8) is 0 Å². The number of aromatic nitrogens is 1. The van der Waals surface area contributed by atoms with Crippen molar-refractivity contribution >= 4 is 23.1 Å². The summed E-state index contributed by atoms with van der Waals surface area (Å²) in [6.07, 6.45) is 4.14. The zero-order chi connectivity index (χ0) is 18.5. The van der Waals surface area contributed by atoms with E-state index in [-0.39, 0.29) is 24.0 Å². The zero-order valence-corrected chi connectivity index (χ0v) is 18.2. The Hall–Kier alpha value is -2.28. The maximum atomic E-state index is 5.51. The number of halogens is 1. The molecule has 3 aromatic rings. The monoisotopic (exact) mass is 477 g/mol. The first-order valence-corrected chi connectivity index (χ1v) is 8.61. The number of ether oxygens (including phenoxy) is 3. The molecule has 5 heteroatoms. The van der Waals surface area contributed by atoms with Gasteiger partial charge in [0.05, 0.1) is 21.3 Å². The number of methoxy groups -OCH3 is 3. The van der Waals surface area contributed by atoms with E-state index in [0.29, 0.717) is 11.5 Å². The molecule has 4 nitrogen and oxygen atoms in total. The second kappa shape index (κ2) is 9.60. The van der Waals surface area contributed by atoms with Crippen molar-refractivity contribution in [2.24, 2.45) is 0 Å². The van der Waals surface area contributed by atoms with Gasteiger partial charge in [-0.1, -0.05) is 12.1 Å². The summed E-state index contributed by atoms with van der Waals surface area (Å²) in [5, 5.41) is 1.23. The smallest absolute Gasteiger partial charge is 0.212 e. The molecule has 0 aliphatic heterocycles. The molecule has 0 amide bonds. The van der Waals surface area contributed by atoms with Crippen LogP contribution in [0, 0.1) is 0 Å². The maximum Gasteiger partial charge on any atom is 0.212 e. The third-order valence-electron chi connectivity index (χ3n) is 4.46. The van der Waals surface area contributed by atoms with Crippen LogP contribution in [0.15, 0.2) is 48.5 Å². The molecule has 0 saturated carbocycles. The molecular formula is C22H24INO3. The minimum Gasteiger partial charge on any atom is -1.00 e. The molecule has 3 rings (SSSR count). The lowest BCUT2D eigenvalue weighted by Gasteiger charge is -2.12. The molecule has 0 aliphatic rings. The molecule has 0 spiro atoms. The van der Waals surface area contributed by atoms with E-state index in [1.54, 1.807) is 21.3 Å². The van der Waals surface area contributed by atoms with E-state index in [1.807, 2.05) is 18.2 Å². The van der Waals surface area contributed by atoms with E-state index in [9.17, 15) is 0 Å². The minimum atomic E-state index is 0. The van der Waals surface area contributed by atoms with E-state index >= 15 is 0 Å². The Morgan fingerprint density at radius 3 is 2.15 bits per heavy atom. The fourth-order valence-corrected chi connectivity index (χ4v) is 3.14. The molecule has 1 heterocycles. The van der Waals surface area contributed by atoms with Gasteiger partial charge in [-0.15, -0.1) is 0 Å². The summed E-state index contributed by atoms with van der Waals surface area (Å²) < 4.78 is 18.6. The van der Waals surface area contributed by atoms with Gasteiger partial charge >= 0.3 is 0 Å². The summed E-state index contributed by atoms with van der Waals surface area (Å²) in [6, 6.07) is 16.5. The highest BCUT2D eigenvalue weighted by Crippen LogP contribution is 2.35. The second-order valence-electron chi connectivity index (χ2n) is 5.84. The van der Waals surface area contributed by atoms with E-state index in [2.05, 4.69) is 54.0 Å². The number of benzene rings is 2. The number of rotatable bonds is 6. The summed E-state index contributed by atoms with van der Waals surface area (Å²) in [7, 11) is 4.90. The molecule has 1 aromatic heterocycles. The van der Waals surface area contributed by atoms with Gasteiger partial charge in [-0.3, -0.25) is 0 Å². The zero-order valence-electron chi connectivity index (χ0n) is 16.0. The third kappa shape index (κ3) is 4.35. The number of hydrogen-bond acceptors (Lipinski definition) is 3. The highest BCUT2D eigenvalue weighted by molar-refractivity contribution is 5.78. The first-order valence-electron chi connectivity index (χ1n) is 8.61. The van der Waals surface area contributed by atoms with Gasteiger partial charge in [-0.05, 0) is 31.2 Å². The van der Waals surface area contributed by atoms with Crippen molar-refractivity contribution in [1.29, 1.82) is 0 Å². The van der Waals surface area contributed by atoms with E-state index in [4.69, 9.17) is 14.2 Å². The largest absolute Gasteiger partial charge is 1.00 e. The Kier molecular flexibility index (Phi) is 7.47. The van der Waals surface area contributed by atoms with Crippen molar-refractivity contribution in [3.05, 3.63) is 59.8 Å². The third-order valence-corrected chi connectivity index (χ3v) is 4.46. The van der Waals surface area contributed by atoms with Crippen LogP contribution < -0.4 is 42.8 Å². The normalized spacial score (nSPS) is 10.7. The van der Waals surface area contributed by atoms with Crippen molar-refractivity contribution in [2.75, 3.05) is 21.3 Å². The van der Waals surface area contributed by atoms with Crippen molar-refractivity contribution in [2.45, 2.75) is 13.5 Å². The number of nitrogens with zero attached hydrogens (tertiary/aromatic N) is 1. The van der Waals surface area contributed by atoms with Crippen LogP contribution in [0.3, 0.4) is 0 Å². The number of aryl methyl sites for hydroxylation is 1. The Balaban J connectivity index is 0.00000261. The summed E-state index contributed by atoms with van der Waals surface area (Å²) >= 11 is 0. The average molecular weight is 477 g/mol. The van der Waals surface area contributed by atoms with Crippen LogP contribution in [-0.2, 0) is 6.54 Å². The predicted octanol–water partition coefficient (Wildman–Crippen LogP) is 1.35. The van der Waals surface area contributed by atoms with E-state index in [0.717, 1.165) is 23.6 Å². The number of fused-ring (bicyclic) bond motifs is 1. The lowest BCUT2D eigenvalue weighted by molar-refractivity contribution is -0.669. The minimum absolute atomic E-state index is 0. The second-order valence-corrected chi connectivity index (χ2v) is 5.84. The van der Waals surface area contributed by atoms with Gasteiger partial charge in [0.2, 0.25) is 11.2 Å². The molecule has 0 unspecified atom stereocenters. The highest BCUT2D eigenvalue weighted by atomic mass is 127. The van der Waals surface area contributed by atoms with Crippen molar-refractivity contribution < 1.29 is 42.8 Å². The molecule has 0 N–H and O–H groups in total. The van der Waals surface area contributed by atoms with Crippen molar-refractivity contribution in [1.82, 2.24) is 0 Å². The fourth-order valence-electron chi connectivity index (χ4n) is 3.14. The van der Waals surface area contributed by atoms with E-state index < -0.39 is 0 Å². The summed E-state index contributed by atoms with van der Waals surface area (Å²) in [5.41, 5.74) is 3.28. The van der Waals surface area contributed by atoms with E-state index in [1.165, 1.54) is 10.9 Å². The molecule has 0 aliphatic carbocycles. The van der Waals surface area contributed by atoms with Gasteiger partial charge in [-0.2, -0.15) is 4.57 Å². The van der Waals surface area contributed by atoms with Crippen LogP contribution in [-0.4, -0.2) is 21.3 Å². The van der Waals surface area contributed by atoms with Crippen LogP contribution in [0.1, 0.15) is 18.2 Å². The van der Waals surface area contributed by atoms with Gasteiger partial charge in [-0.25, -0.2) is 0 Å². The molecule has 0 atom stereocenters. The Bertz CT molecular complexity index is 954. The molecular weight excluding hydrogens is 453 g/mol. The van der Waals surface area contributed by atoms with Crippen LogP contribution in [0.2, 0.25) is 0 Å². The van der Waals surface area contributed by atoms with Gasteiger partial charge < -0.3 is 38.2 Å². The quantitative estimate of drug-likeness (QED) is 0.397. The SMILES string of the molecule is CC[n+]1c(C=Cc2cc(OC)c(OC)cc2OC)ccc2ccccc21.[I-]. The summed E-state index contributed by atoms with van der Waals surface area (Å²) in [4.78, 5) is 0. The standard InChI is InChI=1S/C22H24NO3.HI/c1-5-23-18(12-10-16-8-6-7-9-19(16)23)13-11-17-14-21(25-3)22(26-4)15-20(17)24-2;/h6-15H,5H2,1-4H3;1H/q+1;/p-1. The molecule has 0 saturated heterocycles. The maximum absolute atomic E-state index is 5.51. The van der Waals surface area contributed by atoms with Gasteiger partial charge in [0.15, 0.2) is 11.5 Å². The highest BCUT2D eigenvalue weighted by Gasteiger charge is 2.13. The van der Waals surface area contributed by atoms with Crippen LogP contribution in [0.5, 0.6) is 17.2 Å². The topological polar surface area (TPSA) is 31.6 Å². The van der Waals surface area contributed by atoms with Crippen LogP contribution in [0.4, 0.5) is 0 Å². The molecule has 0 radical (unpaired) electrons. The number of para-hydroxylation sites is 1. The number of pyridine rings is 1. The molecule has 142 valence electrons. The molecule has 0 bridgehead atoms. The fraction of sp³-hybridized carbons (Fsp3) is 0.227. The Labute approximate surface area is 177 Å². The molecule has 2 aromatic carbocycles. The first-order chi connectivity index (χ1) is 12.7. The Morgan fingerprint density at radius 1 is 0.815 bits per heavy atom. The molecule has 0 fully saturated rings. The number of hydrogen-bond donors (Lipinski definition) is 0. The predicted molar refractivity (Wildman–Crippen MR) is 105 cm³/mol. The van der Waals surface area contributed by atoms with Gasteiger partial charge in [0.25, 0.3) is 0 Å². The Morgan fingerprint density at radius 2 is 1.48 bits per heavy atom. The molecule has 27 heavy (non-hydrogen) atoms. The summed E-state index contributed by atoms with van der Waals surface area (Å²) in [6.45, 7) is 3.05. The first kappa shape index (κ1) is 21.0. The summed E-state index contributed by atoms with van der Waals surface area (Å²) in [5.74, 6) is 2.06. The van der Waals surface area contributed by atoms with Gasteiger partial charge in [0, 0.05) is 35.2 Å². The van der Waals surface area contributed by atoms with Crippen LogP contribution in [0.25, 0.3) is 23.1 Å². The van der Waals surface area contributed by atoms with Crippen LogP contribution >= 0.6 is 0 Å².